The Labute approximate surface area is 94.0 Å². The fourth-order valence-electron chi connectivity index (χ4n) is 1.88. The zero-order valence-corrected chi connectivity index (χ0v) is 9.32. The van der Waals surface area contributed by atoms with Gasteiger partial charge in [-0.25, -0.2) is 8.78 Å². The fraction of sp³-hybridized carbons (Fsp3) is 0.500. The van der Waals surface area contributed by atoms with Crippen molar-refractivity contribution in [2.45, 2.75) is 12.8 Å². The Balaban J connectivity index is 1.94. The van der Waals surface area contributed by atoms with Crippen LogP contribution in [0.3, 0.4) is 0 Å². The molecule has 0 atom stereocenters. The summed E-state index contributed by atoms with van der Waals surface area (Å²) in [5.74, 6) is -1.07. The van der Waals surface area contributed by atoms with Crippen LogP contribution in [-0.4, -0.2) is 20.1 Å². The Morgan fingerprint density at radius 3 is 2.56 bits per heavy atom. The molecular weight excluding hydrogens is 210 g/mol. The lowest BCUT2D eigenvalue weighted by Gasteiger charge is -2.16. The van der Waals surface area contributed by atoms with Gasteiger partial charge < -0.3 is 10.6 Å². The lowest BCUT2D eigenvalue weighted by atomic mass is 10.1. The molecule has 1 aromatic rings. The van der Waals surface area contributed by atoms with E-state index >= 15 is 0 Å². The molecule has 0 aromatic heterocycles. The zero-order chi connectivity index (χ0) is 11.6. The van der Waals surface area contributed by atoms with E-state index in [1.54, 1.807) is 0 Å². The average Bonchev–Trinajstić information content (AvgIpc) is 2.98. The van der Waals surface area contributed by atoms with E-state index in [-0.39, 0.29) is 5.41 Å². The second-order valence-electron chi connectivity index (χ2n) is 4.51. The second kappa shape index (κ2) is 4.37. The number of anilines is 1. The van der Waals surface area contributed by atoms with Gasteiger partial charge in [0.1, 0.15) is 11.6 Å². The minimum atomic E-state index is -0.542. The normalized spacial score (nSPS) is 17.2. The molecule has 0 heterocycles. The van der Waals surface area contributed by atoms with Gasteiger partial charge in [-0.2, -0.15) is 0 Å². The Morgan fingerprint density at radius 2 is 2.00 bits per heavy atom. The predicted octanol–water partition coefficient (Wildman–Crippen LogP) is 2.38. The minimum Gasteiger partial charge on any atom is -0.382 e. The molecule has 0 aliphatic heterocycles. The van der Waals surface area contributed by atoms with Crippen molar-refractivity contribution in [3.8, 4) is 0 Å². The van der Waals surface area contributed by atoms with E-state index < -0.39 is 11.6 Å². The van der Waals surface area contributed by atoms with Gasteiger partial charge in [-0.3, -0.25) is 0 Å². The molecule has 0 unspecified atom stereocenters. The Morgan fingerprint density at radius 1 is 1.25 bits per heavy atom. The van der Waals surface area contributed by atoms with Crippen molar-refractivity contribution in [3.05, 3.63) is 29.8 Å². The highest BCUT2D eigenvalue weighted by Crippen LogP contribution is 2.44. The first kappa shape index (κ1) is 11.3. The molecule has 2 rings (SSSR count). The Hall–Kier alpha value is -1.16. The molecule has 1 fully saturated rings. The maximum absolute atomic E-state index is 13.3. The third kappa shape index (κ3) is 2.50. The van der Waals surface area contributed by atoms with E-state index in [0.717, 1.165) is 32.0 Å². The third-order valence-electron chi connectivity index (χ3n) is 3.09. The van der Waals surface area contributed by atoms with Crippen molar-refractivity contribution in [3.63, 3.8) is 0 Å². The highest BCUT2D eigenvalue weighted by Gasteiger charge is 2.41. The smallest absolute Gasteiger partial charge is 0.149 e. The van der Waals surface area contributed by atoms with Gasteiger partial charge in [0.25, 0.3) is 0 Å². The van der Waals surface area contributed by atoms with Crippen LogP contribution in [0, 0.1) is 17.0 Å². The summed E-state index contributed by atoms with van der Waals surface area (Å²) in [4.78, 5) is 0. The molecule has 0 bridgehead atoms. The van der Waals surface area contributed by atoms with Gasteiger partial charge in [0.15, 0.2) is 0 Å². The van der Waals surface area contributed by atoms with Crippen LogP contribution in [0.5, 0.6) is 0 Å². The molecule has 1 aromatic carbocycles. The average molecular weight is 226 g/mol. The van der Waals surface area contributed by atoms with Gasteiger partial charge in [-0.05, 0) is 32.0 Å². The highest BCUT2D eigenvalue weighted by molar-refractivity contribution is 5.45. The number of halogens is 2. The van der Waals surface area contributed by atoms with Crippen LogP contribution in [-0.2, 0) is 0 Å². The van der Waals surface area contributed by atoms with Crippen molar-refractivity contribution < 1.29 is 8.78 Å². The van der Waals surface area contributed by atoms with E-state index in [4.69, 9.17) is 0 Å². The highest BCUT2D eigenvalue weighted by atomic mass is 19.1. The molecule has 1 aliphatic rings. The van der Waals surface area contributed by atoms with Gasteiger partial charge in [0, 0.05) is 24.6 Å². The summed E-state index contributed by atoms with van der Waals surface area (Å²) in [6.07, 6.45) is 2.31. The molecule has 88 valence electrons. The summed E-state index contributed by atoms with van der Waals surface area (Å²) >= 11 is 0. The Kier molecular flexibility index (Phi) is 3.10. The summed E-state index contributed by atoms with van der Waals surface area (Å²) in [6, 6.07) is 3.61. The first-order valence-corrected chi connectivity index (χ1v) is 5.49. The molecule has 2 nitrogen and oxygen atoms in total. The predicted molar refractivity (Wildman–Crippen MR) is 60.4 cm³/mol. The molecular formula is C12H16F2N2. The van der Waals surface area contributed by atoms with Crippen molar-refractivity contribution in [1.29, 1.82) is 0 Å². The topological polar surface area (TPSA) is 24.1 Å². The van der Waals surface area contributed by atoms with E-state index in [9.17, 15) is 8.78 Å². The lowest BCUT2D eigenvalue weighted by molar-refractivity contribution is 0.504. The van der Waals surface area contributed by atoms with Crippen molar-refractivity contribution >= 4 is 5.69 Å². The van der Waals surface area contributed by atoms with Crippen LogP contribution in [0.4, 0.5) is 14.5 Å². The van der Waals surface area contributed by atoms with Gasteiger partial charge >= 0.3 is 0 Å². The maximum Gasteiger partial charge on any atom is 0.149 e. The zero-order valence-electron chi connectivity index (χ0n) is 9.32. The number of benzene rings is 1. The van der Waals surface area contributed by atoms with Crippen LogP contribution in [0.1, 0.15) is 12.8 Å². The number of hydrogen-bond donors (Lipinski definition) is 2. The molecule has 2 N–H and O–H groups in total. The van der Waals surface area contributed by atoms with Gasteiger partial charge in [0.05, 0.1) is 5.69 Å². The Bertz CT molecular complexity index is 375. The summed E-state index contributed by atoms with van der Waals surface area (Å²) in [7, 11) is 1.92. The molecule has 4 heteroatoms. The first-order valence-electron chi connectivity index (χ1n) is 5.49. The van der Waals surface area contributed by atoms with E-state index in [0.29, 0.717) is 5.69 Å². The molecule has 0 saturated heterocycles. The van der Waals surface area contributed by atoms with E-state index in [2.05, 4.69) is 10.6 Å². The quantitative estimate of drug-likeness (QED) is 0.805. The summed E-state index contributed by atoms with van der Waals surface area (Å²) < 4.78 is 26.0. The fourth-order valence-corrected chi connectivity index (χ4v) is 1.88. The van der Waals surface area contributed by atoms with Crippen molar-refractivity contribution in [1.82, 2.24) is 5.32 Å². The largest absolute Gasteiger partial charge is 0.382 e. The standard InChI is InChI=1S/C12H16F2N2/c1-15-7-12(4-5-12)8-16-11-3-2-9(13)6-10(11)14/h2-3,6,15-16H,4-5,7-8H2,1H3. The number of nitrogens with one attached hydrogen (secondary N) is 2. The number of rotatable bonds is 5. The van der Waals surface area contributed by atoms with Gasteiger partial charge in [0.2, 0.25) is 0 Å². The van der Waals surface area contributed by atoms with Crippen LogP contribution in [0.15, 0.2) is 18.2 Å². The van der Waals surface area contributed by atoms with Crippen molar-refractivity contribution in [2.75, 3.05) is 25.5 Å². The second-order valence-corrected chi connectivity index (χ2v) is 4.51. The monoisotopic (exact) mass is 226 g/mol. The third-order valence-corrected chi connectivity index (χ3v) is 3.09. The molecule has 0 amide bonds. The van der Waals surface area contributed by atoms with Crippen LogP contribution < -0.4 is 10.6 Å². The van der Waals surface area contributed by atoms with Gasteiger partial charge in [-0.1, -0.05) is 0 Å². The maximum atomic E-state index is 13.3. The summed E-state index contributed by atoms with van der Waals surface area (Å²) in [5.41, 5.74) is 0.638. The lowest BCUT2D eigenvalue weighted by Crippen LogP contribution is -2.27. The molecule has 16 heavy (non-hydrogen) atoms. The van der Waals surface area contributed by atoms with E-state index in [1.807, 2.05) is 7.05 Å². The first-order chi connectivity index (χ1) is 7.65. The van der Waals surface area contributed by atoms with Gasteiger partial charge in [-0.15, -0.1) is 0 Å². The van der Waals surface area contributed by atoms with Crippen LogP contribution in [0.25, 0.3) is 0 Å². The van der Waals surface area contributed by atoms with Crippen molar-refractivity contribution in [2.24, 2.45) is 5.41 Å². The van der Waals surface area contributed by atoms with Crippen LogP contribution in [0.2, 0.25) is 0 Å². The van der Waals surface area contributed by atoms with Crippen LogP contribution >= 0.6 is 0 Å². The summed E-state index contributed by atoms with van der Waals surface area (Å²) in [5, 5.41) is 6.18. The summed E-state index contributed by atoms with van der Waals surface area (Å²) in [6.45, 7) is 1.67. The number of hydrogen-bond acceptors (Lipinski definition) is 2. The molecule has 0 spiro atoms. The molecule has 1 saturated carbocycles. The SMILES string of the molecule is CNCC1(CNc2ccc(F)cc2F)CC1. The van der Waals surface area contributed by atoms with E-state index in [1.165, 1.54) is 12.1 Å². The molecule has 0 radical (unpaired) electrons. The molecule has 1 aliphatic carbocycles. The minimum absolute atomic E-state index is 0.260.